The summed E-state index contributed by atoms with van der Waals surface area (Å²) in [6.07, 6.45) is 51.8. The van der Waals surface area contributed by atoms with E-state index in [-0.39, 0.29) is 49.1 Å². The van der Waals surface area contributed by atoms with Crippen molar-refractivity contribution in [2.75, 3.05) is 41.0 Å². The molecule has 0 bridgehead atoms. The molecule has 0 amide bonds. The fourth-order valence-electron chi connectivity index (χ4n) is 6.07. The molecule has 330 valence electrons. The first-order valence-electron chi connectivity index (χ1n) is 22.6. The number of carbonyl (C=O) groups is 3. The lowest BCUT2D eigenvalue weighted by molar-refractivity contribution is -0.889. The number of rotatable bonds is 39. The number of nitrogens with zero attached hydrogens (tertiary/aromatic N) is 1. The van der Waals surface area contributed by atoms with E-state index in [9.17, 15) is 19.5 Å². The number of quaternary nitrogens is 1. The van der Waals surface area contributed by atoms with Crippen LogP contribution in [-0.2, 0) is 28.6 Å². The topological polar surface area (TPSA) is 102 Å². The first-order chi connectivity index (χ1) is 28.1. The van der Waals surface area contributed by atoms with Crippen LogP contribution in [0.4, 0.5) is 0 Å². The van der Waals surface area contributed by atoms with Crippen molar-refractivity contribution in [3.63, 3.8) is 0 Å². The summed E-state index contributed by atoms with van der Waals surface area (Å²) in [7, 11) is 5.39. The molecule has 2 unspecified atom stereocenters. The predicted octanol–water partition coefficient (Wildman–Crippen LogP) is 11.2. The molecular weight excluding hydrogens is 727 g/mol. The van der Waals surface area contributed by atoms with Crippen molar-refractivity contribution >= 4 is 17.9 Å². The highest BCUT2D eigenvalue weighted by Gasteiger charge is 2.25. The quantitative estimate of drug-likeness (QED) is 0.0264. The summed E-state index contributed by atoms with van der Waals surface area (Å²) >= 11 is 0. The van der Waals surface area contributed by atoms with Crippen LogP contribution in [0.2, 0.25) is 0 Å². The van der Waals surface area contributed by atoms with Crippen LogP contribution in [0.15, 0.2) is 85.1 Å². The molecule has 0 aliphatic heterocycles. The van der Waals surface area contributed by atoms with E-state index in [4.69, 9.17) is 14.2 Å². The second kappa shape index (κ2) is 40.3. The first kappa shape index (κ1) is 54.5. The van der Waals surface area contributed by atoms with Crippen molar-refractivity contribution in [1.82, 2.24) is 0 Å². The smallest absolute Gasteiger partial charge is 0.306 e. The van der Waals surface area contributed by atoms with Gasteiger partial charge < -0.3 is 28.6 Å². The standard InChI is InChI=1S/C50H83NO7/c1-6-8-10-12-14-16-18-20-22-23-24-25-26-27-29-30-32-34-36-38-40-48(52)57-45-46(44-56-43-42-47(50(54)55)51(3,4)5)58-49(53)41-39-37-35-33-31-28-21-19-17-15-13-11-9-7-2/h8-11,14-17,20-22,24-25,28,46-47H,6-7,12-13,18-19,23,26-27,29-45H2,1-5H3/b10-8+,11-9+,16-14+,17-15+,22-20+,25-24+,28-21+. The van der Waals surface area contributed by atoms with Crippen molar-refractivity contribution in [2.45, 2.75) is 174 Å². The van der Waals surface area contributed by atoms with E-state index in [1.807, 2.05) is 0 Å². The second-order valence-electron chi connectivity index (χ2n) is 15.9. The van der Waals surface area contributed by atoms with Crippen molar-refractivity contribution in [3.05, 3.63) is 85.1 Å². The van der Waals surface area contributed by atoms with Crippen LogP contribution in [0.5, 0.6) is 0 Å². The SMILES string of the molecule is CC/C=C/C/C=C/C/C=C/C/C=C/CCCCCCCCCC(=O)OCC(COCCC(C(=O)[O-])[N+](C)(C)C)OC(=O)CCCCCC/C=C/C/C=C/C/C=C/CC. The summed E-state index contributed by atoms with van der Waals surface area (Å²) in [6, 6.07) is -0.736. The highest BCUT2D eigenvalue weighted by atomic mass is 16.6. The molecule has 0 aliphatic rings. The monoisotopic (exact) mass is 810 g/mol. The summed E-state index contributed by atoms with van der Waals surface area (Å²) in [6.45, 7) is 4.38. The average Bonchev–Trinajstić information content (AvgIpc) is 3.18. The first-order valence-corrected chi connectivity index (χ1v) is 22.6. The lowest BCUT2D eigenvalue weighted by Gasteiger charge is -2.34. The Labute approximate surface area is 354 Å². The van der Waals surface area contributed by atoms with E-state index in [0.29, 0.717) is 6.42 Å². The van der Waals surface area contributed by atoms with E-state index in [2.05, 4.69) is 98.9 Å². The third kappa shape index (κ3) is 38.1. The highest BCUT2D eigenvalue weighted by molar-refractivity contribution is 5.70. The zero-order chi connectivity index (χ0) is 42.8. The van der Waals surface area contributed by atoms with Crippen LogP contribution in [0.3, 0.4) is 0 Å². The van der Waals surface area contributed by atoms with Gasteiger partial charge >= 0.3 is 11.9 Å². The van der Waals surface area contributed by atoms with Crippen LogP contribution in [0.25, 0.3) is 0 Å². The number of esters is 2. The summed E-state index contributed by atoms with van der Waals surface area (Å²) in [5, 5.41) is 11.6. The third-order valence-corrected chi connectivity index (χ3v) is 9.53. The molecule has 0 N–H and O–H groups in total. The second-order valence-corrected chi connectivity index (χ2v) is 15.9. The summed E-state index contributed by atoms with van der Waals surface area (Å²) in [5.41, 5.74) is 0. The number of ether oxygens (including phenoxy) is 3. The maximum absolute atomic E-state index is 12.7. The van der Waals surface area contributed by atoms with Crippen molar-refractivity contribution < 1.29 is 38.2 Å². The van der Waals surface area contributed by atoms with Gasteiger partial charge in [0.25, 0.3) is 0 Å². The van der Waals surface area contributed by atoms with E-state index >= 15 is 0 Å². The van der Waals surface area contributed by atoms with E-state index < -0.39 is 18.1 Å². The molecule has 0 fully saturated rings. The molecular formula is C50H83NO7. The average molecular weight is 810 g/mol. The molecule has 0 aromatic rings. The number of carboxylic acid groups (broad SMARTS) is 1. The third-order valence-electron chi connectivity index (χ3n) is 9.53. The summed E-state index contributed by atoms with van der Waals surface area (Å²) < 4.78 is 17.1. The number of hydrogen-bond acceptors (Lipinski definition) is 7. The number of hydrogen-bond donors (Lipinski definition) is 0. The minimum absolute atomic E-state index is 0.0230. The van der Waals surface area contributed by atoms with Gasteiger partial charge in [-0.15, -0.1) is 0 Å². The number of aliphatic carboxylic acids is 1. The Hall–Kier alpha value is -3.49. The van der Waals surface area contributed by atoms with Gasteiger partial charge in [0.05, 0.1) is 40.3 Å². The van der Waals surface area contributed by atoms with Gasteiger partial charge in [0.1, 0.15) is 12.6 Å². The molecule has 8 nitrogen and oxygen atoms in total. The maximum atomic E-state index is 12.7. The van der Waals surface area contributed by atoms with E-state index in [1.165, 1.54) is 19.3 Å². The maximum Gasteiger partial charge on any atom is 0.306 e. The molecule has 8 heteroatoms. The Morgan fingerprint density at radius 2 is 0.914 bits per heavy atom. The zero-order valence-corrected chi connectivity index (χ0v) is 37.4. The van der Waals surface area contributed by atoms with Crippen LogP contribution in [-0.4, -0.2) is 75.5 Å². The largest absolute Gasteiger partial charge is 0.544 e. The molecule has 0 aliphatic carbocycles. The van der Waals surface area contributed by atoms with Crippen molar-refractivity contribution in [3.8, 4) is 0 Å². The molecule has 0 heterocycles. The lowest BCUT2D eigenvalue weighted by atomic mass is 10.1. The van der Waals surface area contributed by atoms with Gasteiger partial charge in [-0.1, -0.05) is 144 Å². The molecule has 0 saturated carbocycles. The Bertz CT molecular complexity index is 1220. The Balaban J connectivity index is 4.36. The molecule has 0 spiro atoms. The van der Waals surface area contributed by atoms with Gasteiger partial charge in [0, 0.05) is 19.3 Å². The van der Waals surface area contributed by atoms with E-state index in [0.717, 1.165) is 109 Å². The fraction of sp³-hybridized carbons (Fsp3) is 0.660. The Kier molecular flexibility index (Phi) is 37.9. The van der Waals surface area contributed by atoms with Crippen molar-refractivity contribution in [2.24, 2.45) is 0 Å². The Morgan fingerprint density at radius 3 is 1.34 bits per heavy atom. The Morgan fingerprint density at radius 1 is 0.517 bits per heavy atom. The van der Waals surface area contributed by atoms with Crippen LogP contribution < -0.4 is 5.11 Å². The number of unbranched alkanes of at least 4 members (excludes halogenated alkanes) is 11. The minimum Gasteiger partial charge on any atom is -0.544 e. The van der Waals surface area contributed by atoms with Gasteiger partial charge in [0.15, 0.2) is 6.10 Å². The van der Waals surface area contributed by atoms with Gasteiger partial charge in [-0.05, 0) is 83.5 Å². The van der Waals surface area contributed by atoms with Gasteiger partial charge in [-0.25, -0.2) is 0 Å². The molecule has 0 aromatic heterocycles. The number of carboxylic acids is 1. The molecule has 0 radical (unpaired) electrons. The van der Waals surface area contributed by atoms with Crippen LogP contribution in [0.1, 0.15) is 162 Å². The van der Waals surface area contributed by atoms with Gasteiger partial charge in [0.2, 0.25) is 0 Å². The fourth-order valence-corrected chi connectivity index (χ4v) is 6.07. The lowest BCUT2D eigenvalue weighted by Crippen LogP contribution is -2.55. The minimum atomic E-state index is -1.13. The zero-order valence-electron chi connectivity index (χ0n) is 37.4. The number of likely N-dealkylation sites (N-methyl/N-ethyl adjacent to an activating group) is 1. The van der Waals surface area contributed by atoms with Crippen LogP contribution in [0, 0.1) is 0 Å². The number of allylic oxidation sites excluding steroid dienone is 14. The predicted molar refractivity (Wildman–Crippen MR) is 240 cm³/mol. The van der Waals surface area contributed by atoms with E-state index in [1.54, 1.807) is 21.1 Å². The molecule has 0 saturated heterocycles. The highest BCUT2D eigenvalue weighted by Crippen LogP contribution is 2.13. The molecule has 2 atom stereocenters. The normalized spacial score (nSPS) is 13.7. The number of carbonyl (C=O) groups excluding carboxylic acids is 3. The van der Waals surface area contributed by atoms with Crippen LogP contribution >= 0.6 is 0 Å². The molecule has 0 rings (SSSR count). The molecule has 58 heavy (non-hydrogen) atoms. The molecule has 0 aromatic carbocycles. The van der Waals surface area contributed by atoms with Crippen molar-refractivity contribution in [1.29, 1.82) is 0 Å². The van der Waals surface area contributed by atoms with Gasteiger partial charge in [-0.3, -0.25) is 9.59 Å². The summed E-state index contributed by atoms with van der Waals surface area (Å²) in [4.78, 5) is 36.9. The van der Waals surface area contributed by atoms with Gasteiger partial charge in [-0.2, -0.15) is 0 Å². The summed E-state index contributed by atoms with van der Waals surface area (Å²) in [5.74, 6) is -1.79.